The van der Waals surface area contributed by atoms with Crippen LogP contribution in [0, 0.1) is 17.7 Å². The first kappa shape index (κ1) is 19.6. The number of ether oxygens (including phenoxy) is 1. The van der Waals surface area contributed by atoms with Crippen LogP contribution in [0.3, 0.4) is 0 Å². The Hall–Kier alpha value is -4.12. The molecule has 146 valence electrons. The van der Waals surface area contributed by atoms with E-state index in [-0.39, 0.29) is 36.1 Å². The number of nitrogens with one attached hydrogen (secondary N) is 2. The molecule has 8 heteroatoms. The first-order valence-corrected chi connectivity index (χ1v) is 8.61. The van der Waals surface area contributed by atoms with Gasteiger partial charge in [0.15, 0.2) is 0 Å². The number of aromatic nitrogens is 2. The molecular weight excluding hydrogens is 375 g/mol. The van der Waals surface area contributed by atoms with E-state index in [1.807, 2.05) is 0 Å². The fraction of sp³-hybridized carbons (Fsp3) is 0.0952. The third-order valence-electron chi connectivity index (χ3n) is 3.88. The molecule has 3 rings (SSSR count). The molecule has 0 saturated heterocycles. The Balaban J connectivity index is 1.49. The number of rotatable bonds is 6. The summed E-state index contributed by atoms with van der Waals surface area (Å²) in [5, 5.41) is 9.31. The van der Waals surface area contributed by atoms with Crippen molar-refractivity contribution in [3.8, 4) is 28.8 Å². The summed E-state index contributed by atoms with van der Waals surface area (Å²) in [6.07, 6.45) is 0. The molecule has 0 radical (unpaired) electrons. The number of aromatic amines is 1. The Morgan fingerprint density at radius 3 is 2.66 bits per heavy atom. The summed E-state index contributed by atoms with van der Waals surface area (Å²) in [6.45, 7) is 0.142. The fourth-order valence-corrected chi connectivity index (χ4v) is 2.45. The summed E-state index contributed by atoms with van der Waals surface area (Å²) < 4.78 is 18.4. The van der Waals surface area contributed by atoms with Crippen LogP contribution in [0.15, 0.2) is 54.6 Å². The number of carbonyl (C=O) groups is 2. The topological polar surface area (TPSA) is 110 Å². The molecule has 0 bridgehead atoms. The van der Waals surface area contributed by atoms with Crippen LogP contribution in [0.2, 0.25) is 0 Å². The van der Waals surface area contributed by atoms with Crippen LogP contribution in [-0.4, -0.2) is 35.2 Å². The molecule has 0 aliphatic heterocycles. The number of para-hydroxylation sites is 1. The molecule has 0 aliphatic rings. The number of primary amides is 1. The molecule has 3 aromatic rings. The zero-order valence-electron chi connectivity index (χ0n) is 15.2. The molecule has 7 nitrogen and oxygen atoms in total. The zero-order chi connectivity index (χ0) is 20.6. The SMILES string of the molecule is NC(=O)c1ccccc1OCC#CCNC(=O)c1cc(-c2ccc(F)cc2)n[nH]1. The number of hydrogen-bond donors (Lipinski definition) is 3. The monoisotopic (exact) mass is 392 g/mol. The molecule has 1 aromatic heterocycles. The number of H-pyrrole nitrogens is 1. The lowest BCUT2D eigenvalue weighted by Crippen LogP contribution is -2.24. The predicted molar refractivity (Wildman–Crippen MR) is 105 cm³/mol. The maximum atomic E-state index is 13.0. The number of hydrogen-bond acceptors (Lipinski definition) is 4. The van der Waals surface area contributed by atoms with Gasteiger partial charge in [-0.1, -0.05) is 24.0 Å². The summed E-state index contributed by atoms with van der Waals surface area (Å²) >= 11 is 0. The Morgan fingerprint density at radius 2 is 1.90 bits per heavy atom. The molecule has 0 saturated carbocycles. The van der Waals surface area contributed by atoms with Crippen LogP contribution < -0.4 is 15.8 Å². The van der Waals surface area contributed by atoms with Crippen molar-refractivity contribution < 1.29 is 18.7 Å². The van der Waals surface area contributed by atoms with Gasteiger partial charge < -0.3 is 15.8 Å². The standard InChI is InChI=1S/C21H17FN4O3/c22-15-9-7-14(8-10-15)17-13-18(26-25-17)21(28)24-11-3-4-12-29-19-6-2-1-5-16(19)20(23)27/h1-2,5-10,13H,11-12H2,(H2,23,27)(H,24,28)(H,25,26). The number of carbonyl (C=O) groups excluding carboxylic acids is 2. The smallest absolute Gasteiger partial charge is 0.270 e. The van der Waals surface area contributed by atoms with Gasteiger partial charge in [-0.2, -0.15) is 5.10 Å². The molecule has 0 aliphatic carbocycles. The van der Waals surface area contributed by atoms with Gasteiger partial charge in [0.25, 0.3) is 11.8 Å². The van der Waals surface area contributed by atoms with Crippen molar-refractivity contribution in [2.45, 2.75) is 0 Å². The van der Waals surface area contributed by atoms with Crippen molar-refractivity contribution in [2.75, 3.05) is 13.2 Å². The lowest BCUT2D eigenvalue weighted by molar-refractivity contribution is 0.0952. The van der Waals surface area contributed by atoms with Gasteiger partial charge in [0.05, 0.1) is 17.8 Å². The van der Waals surface area contributed by atoms with Crippen LogP contribution in [0.5, 0.6) is 5.75 Å². The molecule has 4 N–H and O–H groups in total. The highest BCUT2D eigenvalue weighted by atomic mass is 19.1. The summed E-state index contributed by atoms with van der Waals surface area (Å²) in [5.41, 5.74) is 7.03. The minimum Gasteiger partial charge on any atom is -0.480 e. The second kappa shape index (κ2) is 9.19. The van der Waals surface area contributed by atoms with Crippen molar-refractivity contribution in [2.24, 2.45) is 5.73 Å². The lowest BCUT2D eigenvalue weighted by atomic mass is 10.1. The van der Waals surface area contributed by atoms with Gasteiger partial charge in [-0.05, 0) is 42.5 Å². The highest BCUT2D eigenvalue weighted by Crippen LogP contribution is 2.18. The molecule has 1 heterocycles. The maximum absolute atomic E-state index is 13.0. The average molecular weight is 392 g/mol. The summed E-state index contributed by atoms with van der Waals surface area (Å²) in [7, 11) is 0. The second-order valence-corrected chi connectivity index (χ2v) is 5.86. The van der Waals surface area contributed by atoms with E-state index in [0.717, 1.165) is 0 Å². The van der Waals surface area contributed by atoms with Gasteiger partial charge >= 0.3 is 0 Å². The summed E-state index contributed by atoms with van der Waals surface area (Å²) in [4.78, 5) is 23.4. The van der Waals surface area contributed by atoms with Gasteiger partial charge in [-0.3, -0.25) is 14.7 Å². The molecule has 2 aromatic carbocycles. The van der Waals surface area contributed by atoms with Gasteiger partial charge in [0, 0.05) is 5.56 Å². The maximum Gasteiger partial charge on any atom is 0.270 e. The number of nitrogens with two attached hydrogens (primary N) is 1. The average Bonchev–Trinajstić information content (AvgIpc) is 3.21. The molecule has 29 heavy (non-hydrogen) atoms. The largest absolute Gasteiger partial charge is 0.480 e. The van der Waals surface area contributed by atoms with Gasteiger partial charge in [-0.25, -0.2) is 4.39 Å². The van der Waals surface area contributed by atoms with Crippen LogP contribution in [0.4, 0.5) is 4.39 Å². The second-order valence-electron chi connectivity index (χ2n) is 5.86. The summed E-state index contributed by atoms with van der Waals surface area (Å²) in [5.74, 6) is 4.54. The molecule has 2 amide bonds. The van der Waals surface area contributed by atoms with Crippen molar-refractivity contribution in [1.29, 1.82) is 0 Å². The van der Waals surface area contributed by atoms with E-state index in [2.05, 4.69) is 27.4 Å². The first-order chi connectivity index (χ1) is 14.0. The van der Waals surface area contributed by atoms with Crippen molar-refractivity contribution in [3.63, 3.8) is 0 Å². The normalized spacial score (nSPS) is 9.97. The molecule has 0 atom stereocenters. The lowest BCUT2D eigenvalue weighted by Gasteiger charge is -2.05. The molecule has 0 unspecified atom stereocenters. The number of amides is 2. The van der Waals surface area contributed by atoms with Crippen LogP contribution in [-0.2, 0) is 0 Å². The van der Waals surface area contributed by atoms with E-state index in [0.29, 0.717) is 17.0 Å². The minimum absolute atomic E-state index is 0.0406. The fourth-order valence-electron chi connectivity index (χ4n) is 2.45. The highest BCUT2D eigenvalue weighted by molar-refractivity contribution is 5.95. The first-order valence-electron chi connectivity index (χ1n) is 8.61. The minimum atomic E-state index is -0.583. The van der Waals surface area contributed by atoms with E-state index in [1.165, 1.54) is 12.1 Å². The van der Waals surface area contributed by atoms with Crippen molar-refractivity contribution in [1.82, 2.24) is 15.5 Å². The van der Waals surface area contributed by atoms with E-state index in [1.54, 1.807) is 42.5 Å². The van der Waals surface area contributed by atoms with E-state index < -0.39 is 5.91 Å². The van der Waals surface area contributed by atoms with E-state index in [9.17, 15) is 14.0 Å². The Bertz CT molecular complexity index is 1080. The van der Waals surface area contributed by atoms with E-state index in [4.69, 9.17) is 10.5 Å². The number of halogens is 1. The van der Waals surface area contributed by atoms with Crippen LogP contribution in [0.25, 0.3) is 11.3 Å². The van der Waals surface area contributed by atoms with Crippen molar-refractivity contribution in [3.05, 3.63) is 71.7 Å². The third-order valence-corrected chi connectivity index (χ3v) is 3.88. The quantitative estimate of drug-likeness (QED) is 0.558. The number of nitrogens with zero attached hydrogens (tertiary/aromatic N) is 1. The predicted octanol–water partition coefficient (Wildman–Crippen LogP) is 2.13. The molecular formula is C21H17FN4O3. The Kier molecular flexibility index (Phi) is 6.22. The zero-order valence-corrected chi connectivity index (χ0v) is 15.2. The summed E-state index contributed by atoms with van der Waals surface area (Å²) in [6, 6.07) is 14.0. The van der Waals surface area contributed by atoms with Crippen molar-refractivity contribution >= 4 is 11.8 Å². The number of benzene rings is 2. The van der Waals surface area contributed by atoms with Gasteiger partial charge in [-0.15, -0.1) is 0 Å². The highest BCUT2D eigenvalue weighted by Gasteiger charge is 2.10. The van der Waals surface area contributed by atoms with E-state index >= 15 is 0 Å². The molecule has 0 spiro atoms. The van der Waals surface area contributed by atoms with Gasteiger partial charge in [0.1, 0.15) is 23.9 Å². The molecule has 0 fully saturated rings. The van der Waals surface area contributed by atoms with Gasteiger partial charge in [0.2, 0.25) is 0 Å². The van der Waals surface area contributed by atoms with Crippen LogP contribution in [0.1, 0.15) is 20.8 Å². The Morgan fingerprint density at radius 1 is 1.14 bits per heavy atom. The Labute approximate surface area is 166 Å². The van der Waals surface area contributed by atoms with Crippen LogP contribution >= 0.6 is 0 Å². The third kappa shape index (κ3) is 5.20.